The first-order chi connectivity index (χ1) is 11.5. The summed E-state index contributed by atoms with van der Waals surface area (Å²) in [6.07, 6.45) is 1.18. The number of furan rings is 1. The maximum atomic E-state index is 12.4. The van der Waals surface area contributed by atoms with Gasteiger partial charge in [0, 0.05) is 33.1 Å². The molecule has 8 nitrogen and oxygen atoms in total. The molecule has 1 saturated heterocycles. The third-order valence-electron chi connectivity index (χ3n) is 3.86. The highest BCUT2D eigenvalue weighted by atomic mass is 16.6. The van der Waals surface area contributed by atoms with Gasteiger partial charge in [0.2, 0.25) is 11.8 Å². The van der Waals surface area contributed by atoms with Crippen molar-refractivity contribution in [2.45, 2.75) is 20.4 Å². The van der Waals surface area contributed by atoms with Crippen molar-refractivity contribution in [3.8, 4) is 0 Å². The Hall–Kier alpha value is -2.51. The summed E-state index contributed by atoms with van der Waals surface area (Å²) in [6.45, 7) is 5.51. The first kappa shape index (κ1) is 17.8. The number of carbonyl (C=O) groups excluding carboxylic acids is 3. The van der Waals surface area contributed by atoms with Gasteiger partial charge < -0.3 is 23.9 Å². The Bertz CT molecular complexity index is 564. The molecule has 0 radical (unpaired) electrons. The number of nitrogens with zero attached hydrogens (tertiary/aromatic N) is 3. The van der Waals surface area contributed by atoms with Crippen LogP contribution in [0, 0.1) is 0 Å². The summed E-state index contributed by atoms with van der Waals surface area (Å²) in [7, 11) is 0. The van der Waals surface area contributed by atoms with Crippen LogP contribution in [-0.2, 0) is 20.9 Å². The van der Waals surface area contributed by atoms with Crippen molar-refractivity contribution in [3.63, 3.8) is 0 Å². The molecule has 2 rings (SSSR count). The standard InChI is InChI=1S/C16H23N3O5/c1-3-23-16(22)18-8-6-17(7-9-18)15(21)12-19(13(2)20)11-14-5-4-10-24-14/h4-5,10H,3,6-9,11-12H2,1-2H3. The summed E-state index contributed by atoms with van der Waals surface area (Å²) >= 11 is 0. The van der Waals surface area contributed by atoms with E-state index in [2.05, 4.69) is 0 Å². The zero-order valence-corrected chi connectivity index (χ0v) is 14.1. The van der Waals surface area contributed by atoms with Gasteiger partial charge in [-0.2, -0.15) is 0 Å². The Kier molecular flexibility index (Phi) is 6.22. The fourth-order valence-corrected chi connectivity index (χ4v) is 2.49. The second-order valence-electron chi connectivity index (χ2n) is 5.52. The smallest absolute Gasteiger partial charge is 0.409 e. The lowest BCUT2D eigenvalue weighted by molar-refractivity contribution is -0.141. The quantitative estimate of drug-likeness (QED) is 0.798. The van der Waals surface area contributed by atoms with Gasteiger partial charge in [0.1, 0.15) is 12.3 Å². The molecule has 1 fully saturated rings. The van der Waals surface area contributed by atoms with Crippen LogP contribution in [0.2, 0.25) is 0 Å². The minimum absolute atomic E-state index is 0.00452. The van der Waals surface area contributed by atoms with Crippen molar-refractivity contribution in [2.75, 3.05) is 39.3 Å². The number of piperazine rings is 1. The molecule has 2 heterocycles. The van der Waals surface area contributed by atoms with Crippen molar-refractivity contribution < 1.29 is 23.5 Å². The molecule has 0 bridgehead atoms. The van der Waals surface area contributed by atoms with Gasteiger partial charge in [0.25, 0.3) is 0 Å². The van der Waals surface area contributed by atoms with Gasteiger partial charge in [-0.3, -0.25) is 9.59 Å². The van der Waals surface area contributed by atoms with E-state index in [0.29, 0.717) is 38.5 Å². The van der Waals surface area contributed by atoms with E-state index in [1.807, 2.05) is 0 Å². The third kappa shape index (κ3) is 4.74. The Morgan fingerprint density at radius 3 is 2.42 bits per heavy atom. The number of amides is 3. The highest BCUT2D eigenvalue weighted by Crippen LogP contribution is 2.09. The normalized spacial score (nSPS) is 14.4. The molecule has 0 atom stereocenters. The molecule has 24 heavy (non-hydrogen) atoms. The summed E-state index contributed by atoms with van der Waals surface area (Å²) in [5.41, 5.74) is 0. The van der Waals surface area contributed by atoms with E-state index >= 15 is 0 Å². The van der Waals surface area contributed by atoms with Crippen LogP contribution in [-0.4, -0.2) is 71.9 Å². The summed E-state index contributed by atoms with van der Waals surface area (Å²) in [5.74, 6) is 0.301. The average Bonchev–Trinajstić information content (AvgIpc) is 3.07. The molecule has 1 aliphatic rings. The van der Waals surface area contributed by atoms with E-state index in [0.717, 1.165) is 0 Å². The Labute approximate surface area is 140 Å². The van der Waals surface area contributed by atoms with Gasteiger partial charge in [-0.25, -0.2) is 4.79 Å². The lowest BCUT2D eigenvalue weighted by atomic mass is 10.3. The summed E-state index contributed by atoms with van der Waals surface area (Å²) in [6, 6.07) is 3.50. The topological polar surface area (TPSA) is 83.3 Å². The predicted octanol–water partition coefficient (Wildman–Crippen LogP) is 0.929. The van der Waals surface area contributed by atoms with Crippen molar-refractivity contribution in [1.29, 1.82) is 0 Å². The number of ether oxygens (including phenoxy) is 1. The maximum absolute atomic E-state index is 12.4. The zero-order valence-electron chi connectivity index (χ0n) is 14.1. The van der Waals surface area contributed by atoms with Gasteiger partial charge in [-0.05, 0) is 19.1 Å². The molecular formula is C16H23N3O5. The van der Waals surface area contributed by atoms with Crippen LogP contribution in [0.3, 0.4) is 0 Å². The lowest BCUT2D eigenvalue weighted by Crippen LogP contribution is -2.53. The average molecular weight is 337 g/mol. The minimum atomic E-state index is -0.354. The summed E-state index contributed by atoms with van der Waals surface area (Å²) < 4.78 is 10.2. The molecule has 0 saturated carbocycles. The monoisotopic (exact) mass is 337 g/mol. The first-order valence-electron chi connectivity index (χ1n) is 7.98. The van der Waals surface area contributed by atoms with Crippen molar-refractivity contribution in [2.24, 2.45) is 0 Å². The minimum Gasteiger partial charge on any atom is -0.467 e. The SMILES string of the molecule is CCOC(=O)N1CCN(C(=O)CN(Cc2ccco2)C(C)=O)CC1. The van der Waals surface area contributed by atoms with Crippen molar-refractivity contribution in [3.05, 3.63) is 24.2 Å². The molecule has 3 amide bonds. The van der Waals surface area contributed by atoms with Gasteiger partial charge in [0.15, 0.2) is 0 Å². The highest BCUT2D eigenvalue weighted by Gasteiger charge is 2.26. The summed E-state index contributed by atoms with van der Waals surface area (Å²) in [5, 5.41) is 0. The van der Waals surface area contributed by atoms with Crippen LogP contribution in [0.25, 0.3) is 0 Å². The molecule has 0 unspecified atom stereocenters. The number of hydrogen-bond acceptors (Lipinski definition) is 5. The predicted molar refractivity (Wildman–Crippen MR) is 85.0 cm³/mol. The van der Waals surface area contributed by atoms with Crippen LogP contribution >= 0.6 is 0 Å². The molecule has 1 aliphatic heterocycles. The van der Waals surface area contributed by atoms with Crippen molar-refractivity contribution >= 4 is 17.9 Å². The first-order valence-corrected chi connectivity index (χ1v) is 7.98. The second-order valence-corrected chi connectivity index (χ2v) is 5.52. The molecule has 1 aromatic heterocycles. The largest absolute Gasteiger partial charge is 0.467 e. The molecule has 0 spiro atoms. The lowest BCUT2D eigenvalue weighted by Gasteiger charge is -2.35. The Morgan fingerprint density at radius 2 is 1.88 bits per heavy atom. The van der Waals surface area contributed by atoms with E-state index in [1.165, 1.54) is 18.1 Å². The molecule has 0 aromatic carbocycles. The Balaban J connectivity index is 1.85. The van der Waals surface area contributed by atoms with Crippen molar-refractivity contribution in [1.82, 2.24) is 14.7 Å². The number of carbonyl (C=O) groups is 3. The van der Waals surface area contributed by atoms with E-state index < -0.39 is 0 Å². The Morgan fingerprint density at radius 1 is 1.21 bits per heavy atom. The van der Waals surface area contributed by atoms with E-state index in [9.17, 15) is 14.4 Å². The second kappa shape index (κ2) is 8.37. The van der Waals surface area contributed by atoms with Gasteiger partial charge in [-0.15, -0.1) is 0 Å². The summed E-state index contributed by atoms with van der Waals surface area (Å²) in [4.78, 5) is 40.5. The molecule has 0 aliphatic carbocycles. The number of rotatable bonds is 5. The maximum Gasteiger partial charge on any atom is 0.409 e. The molecule has 8 heteroatoms. The van der Waals surface area contributed by atoms with Gasteiger partial charge in [0.05, 0.1) is 19.4 Å². The zero-order chi connectivity index (χ0) is 17.5. The highest BCUT2D eigenvalue weighted by molar-refractivity contribution is 5.84. The molecule has 132 valence electrons. The van der Waals surface area contributed by atoms with Crippen LogP contribution in [0.4, 0.5) is 4.79 Å². The van der Waals surface area contributed by atoms with Gasteiger partial charge in [-0.1, -0.05) is 0 Å². The fourth-order valence-electron chi connectivity index (χ4n) is 2.49. The van der Waals surface area contributed by atoms with E-state index in [-0.39, 0.29) is 31.0 Å². The van der Waals surface area contributed by atoms with Crippen LogP contribution in [0.1, 0.15) is 19.6 Å². The molecule has 0 N–H and O–H groups in total. The molecular weight excluding hydrogens is 314 g/mol. The van der Waals surface area contributed by atoms with Crippen LogP contribution < -0.4 is 0 Å². The van der Waals surface area contributed by atoms with Crippen LogP contribution in [0.15, 0.2) is 22.8 Å². The van der Waals surface area contributed by atoms with Crippen LogP contribution in [0.5, 0.6) is 0 Å². The third-order valence-corrected chi connectivity index (χ3v) is 3.86. The van der Waals surface area contributed by atoms with E-state index in [1.54, 1.807) is 28.9 Å². The number of hydrogen-bond donors (Lipinski definition) is 0. The van der Waals surface area contributed by atoms with Gasteiger partial charge >= 0.3 is 6.09 Å². The fraction of sp³-hybridized carbons (Fsp3) is 0.562. The molecule has 1 aromatic rings. The van der Waals surface area contributed by atoms with E-state index in [4.69, 9.17) is 9.15 Å².